The molecule has 1 aliphatic heterocycles. The third-order valence-corrected chi connectivity index (χ3v) is 5.13. The molecule has 2 atom stereocenters. The summed E-state index contributed by atoms with van der Waals surface area (Å²) in [4.78, 5) is 37.7. The number of carbonyl (C=O) groups excluding carboxylic acids is 3. The van der Waals surface area contributed by atoms with Gasteiger partial charge in [-0.3, -0.25) is 19.3 Å². The van der Waals surface area contributed by atoms with Crippen LogP contribution in [0.1, 0.15) is 24.8 Å². The van der Waals surface area contributed by atoms with E-state index in [1.165, 1.54) is 4.90 Å². The third-order valence-electron chi connectivity index (χ3n) is 4.54. The number of imide groups is 1. The molecule has 0 bridgehead atoms. The van der Waals surface area contributed by atoms with Gasteiger partial charge in [-0.1, -0.05) is 41.4 Å². The summed E-state index contributed by atoms with van der Waals surface area (Å²) in [6, 6.07) is 4.92. The van der Waals surface area contributed by atoms with Gasteiger partial charge in [0.2, 0.25) is 11.8 Å². The molecule has 132 valence electrons. The van der Waals surface area contributed by atoms with Crippen molar-refractivity contribution in [2.75, 3.05) is 6.54 Å². The number of halogens is 2. The van der Waals surface area contributed by atoms with Gasteiger partial charge in [0.05, 0.1) is 18.3 Å². The van der Waals surface area contributed by atoms with Crippen molar-refractivity contribution in [1.82, 2.24) is 4.90 Å². The fourth-order valence-electron chi connectivity index (χ4n) is 3.16. The molecule has 0 unspecified atom stereocenters. The Balaban J connectivity index is 1.51. The Labute approximate surface area is 155 Å². The minimum atomic E-state index is -0.486. The van der Waals surface area contributed by atoms with Crippen LogP contribution in [0.3, 0.4) is 0 Å². The lowest BCUT2D eigenvalue weighted by atomic mass is 9.85. The highest BCUT2D eigenvalue weighted by Gasteiger charge is 2.46. The SMILES string of the molecule is O=C(CCN1C(=O)[C@@H]2CC=CC[C@H]2C1=O)OCc1ccc(Cl)cc1Cl. The Morgan fingerprint density at radius 2 is 1.76 bits per heavy atom. The molecule has 1 aromatic rings. The van der Waals surface area contributed by atoms with Crippen molar-refractivity contribution in [2.45, 2.75) is 25.9 Å². The molecule has 0 radical (unpaired) electrons. The number of allylic oxidation sites excluding steroid dienone is 2. The van der Waals surface area contributed by atoms with Gasteiger partial charge in [-0.2, -0.15) is 0 Å². The molecule has 2 aliphatic rings. The maximum absolute atomic E-state index is 12.3. The molecule has 1 heterocycles. The fourth-order valence-corrected chi connectivity index (χ4v) is 3.62. The highest BCUT2D eigenvalue weighted by Crippen LogP contribution is 2.35. The summed E-state index contributed by atoms with van der Waals surface area (Å²) < 4.78 is 5.17. The molecule has 5 nitrogen and oxygen atoms in total. The number of likely N-dealkylation sites (tertiary alicyclic amines) is 1. The van der Waals surface area contributed by atoms with Gasteiger partial charge < -0.3 is 4.74 Å². The van der Waals surface area contributed by atoms with Gasteiger partial charge in [0.15, 0.2) is 0 Å². The van der Waals surface area contributed by atoms with Gasteiger partial charge in [-0.25, -0.2) is 0 Å². The zero-order valence-electron chi connectivity index (χ0n) is 13.4. The lowest BCUT2D eigenvalue weighted by molar-refractivity contribution is -0.146. The minimum Gasteiger partial charge on any atom is -0.461 e. The van der Waals surface area contributed by atoms with E-state index in [1.807, 2.05) is 12.2 Å². The smallest absolute Gasteiger partial charge is 0.307 e. The summed E-state index contributed by atoms with van der Waals surface area (Å²) >= 11 is 11.8. The number of fused-ring (bicyclic) bond motifs is 1. The van der Waals surface area contributed by atoms with E-state index in [-0.39, 0.29) is 43.2 Å². The molecule has 0 spiro atoms. The van der Waals surface area contributed by atoms with Gasteiger partial charge in [0.1, 0.15) is 6.61 Å². The van der Waals surface area contributed by atoms with Crippen LogP contribution in [0.15, 0.2) is 30.4 Å². The number of esters is 1. The van der Waals surface area contributed by atoms with E-state index in [4.69, 9.17) is 27.9 Å². The van der Waals surface area contributed by atoms with E-state index in [2.05, 4.69) is 0 Å². The highest BCUT2D eigenvalue weighted by atomic mass is 35.5. The number of benzene rings is 1. The number of ether oxygens (including phenoxy) is 1. The Kier molecular flexibility index (Phi) is 5.45. The van der Waals surface area contributed by atoms with Gasteiger partial charge in [0.25, 0.3) is 0 Å². The van der Waals surface area contributed by atoms with Crippen LogP contribution in [-0.2, 0) is 25.7 Å². The Hall–Kier alpha value is -1.85. The highest BCUT2D eigenvalue weighted by molar-refractivity contribution is 6.35. The molecular formula is C18H17Cl2NO4. The van der Waals surface area contributed by atoms with Crippen molar-refractivity contribution in [3.8, 4) is 0 Å². The first kappa shape index (κ1) is 18.0. The molecule has 2 amide bonds. The van der Waals surface area contributed by atoms with Crippen LogP contribution >= 0.6 is 23.2 Å². The zero-order chi connectivity index (χ0) is 18.0. The summed E-state index contributed by atoms with van der Waals surface area (Å²) in [5.41, 5.74) is 0.643. The molecule has 0 N–H and O–H groups in total. The Morgan fingerprint density at radius 3 is 2.36 bits per heavy atom. The molecule has 0 saturated carbocycles. The minimum absolute atomic E-state index is 0.0197. The predicted octanol–water partition coefficient (Wildman–Crippen LogP) is 3.38. The molecule has 1 fully saturated rings. The zero-order valence-corrected chi connectivity index (χ0v) is 14.9. The number of amides is 2. The number of hydrogen-bond donors (Lipinski definition) is 0. The number of nitrogens with zero attached hydrogens (tertiary/aromatic N) is 1. The molecular weight excluding hydrogens is 365 g/mol. The van der Waals surface area contributed by atoms with E-state index in [0.717, 1.165) is 0 Å². The molecule has 1 saturated heterocycles. The first-order valence-corrected chi connectivity index (χ1v) is 8.82. The Morgan fingerprint density at radius 1 is 1.12 bits per heavy atom. The van der Waals surface area contributed by atoms with Gasteiger partial charge in [-0.15, -0.1) is 0 Å². The van der Waals surface area contributed by atoms with Crippen molar-refractivity contribution in [2.24, 2.45) is 11.8 Å². The van der Waals surface area contributed by atoms with Crippen molar-refractivity contribution in [1.29, 1.82) is 0 Å². The quantitative estimate of drug-likeness (QED) is 0.445. The fraction of sp³-hybridized carbons (Fsp3) is 0.389. The summed E-state index contributed by atoms with van der Waals surface area (Å²) in [5.74, 6) is -1.41. The number of rotatable bonds is 5. The molecule has 0 aromatic heterocycles. The largest absolute Gasteiger partial charge is 0.461 e. The standard InChI is InChI=1S/C18H17Cl2NO4/c19-12-6-5-11(15(20)9-12)10-25-16(22)7-8-21-17(23)13-3-1-2-4-14(13)18(21)24/h1-2,5-6,9,13-14H,3-4,7-8,10H2/t13-,14-/m1/s1. The monoisotopic (exact) mass is 381 g/mol. The molecule has 3 rings (SSSR count). The van der Waals surface area contributed by atoms with Crippen LogP contribution < -0.4 is 0 Å². The Bertz CT molecular complexity index is 721. The van der Waals surface area contributed by atoms with Crippen molar-refractivity contribution in [3.63, 3.8) is 0 Å². The van der Waals surface area contributed by atoms with Crippen LogP contribution in [0, 0.1) is 11.8 Å². The lowest BCUT2D eigenvalue weighted by Crippen LogP contribution is -2.33. The average molecular weight is 382 g/mol. The maximum Gasteiger partial charge on any atom is 0.307 e. The van der Waals surface area contributed by atoms with Gasteiger partial charge in [0, 0.05) is 22.2 Å². The lowest BCUT2D eigenvalue weighted by Gasteiger charge is -2.14. The molecule has 7 heteroatoms. The summed E-state index contributed by atoms with van der Waals surface area (Å²) in [7, 11) is 0. The molecule has 25 heavy (non-hydrogen) atoms. The van der Waals surface area contributed by atoms with E-state index in [1.54, 1.807) is 18.2 Å². The molecule has 1 aliphatic carbocycles. The first-order chi connectivity index (χ1) is 12.0. The van der Waals surface area contributed by atoms with Gasteiger partial charge >= 0.3 is 5.97 Å². The van der Waals surface area contributed by atoms with E-state index in [0.29, 0.717) is 28.5 Å². The van der Waals surface area contributed by atoms with E-state index >= 15 is 0 Å². The topological polar surface area (TPSA) is 63.7 Å². The summed E-state index contributed by atoms with van der Waals surface area (Å²) in [5, 5.41) is 0.920. The van der Waals surface area contributed by atoms with Crippen LogP contribution in [-0.4, -0.2) is 29.2 Å². The van der Waals surface area contributed by atoms with Crippen LogP contribution in [0.4, 0.5) is 0 Å². The average Bonchev–Trinajstić information content (AvgIpc) is 2.84. The normalized spacial score (nSPS) is 22.2. The van der Waals surface area contributed by atoms with Crippen molar-refractivity contribution in [3.05, 3.63) is 46.0 Å². The number of hydrogen-bond acceptors (Lipinski definition) is 4. The van der Waals surface area contributed by atoms with E-state index < -0.39 is 5.97 Å². The molecule has 1 aromatic carbocycles. The predicted molar refractivity (Wildman–Crippen MR) is 92.9 cm³/mol. The second-order valence-electron chi connectivity index (χ2n) is 6.13. The number of carbonyl (C=O) groups is 3. The van der Waals surface area contributed by atoms with Crippen LogP contribution in [0.25, 0.3) is 0 Å². The van der Waals surface area contributed by atoms with Crippen LogP contribution in [0.2, 0.25) is 10.0 Å². The van der Waals surface area contributed by atoms with Crippen molar-refractivity contribution >= 4 is 41.0 Å². The summed E-state index contributed by atoms with van der Waals surface area (Å²) in [6.45, 7) is 0.0732. The second-order valence-corrected chi connectivity index (χ2v) is 6.97. The van der Waals surface area contributed by atoms with Crippen LogP contribution in [0.5, 0.6) is 0 Å². The summed E-state index contributed by atoms with van der Waals surface area (Å²) in [6.07, 6.45) is 5.01. The second kappa shape index (κ2) is 7.58. The van der Waals surface area contributed by atoms with E-state index in [9.17, 15) is 14.4 Å². The third kappa shape index (κ3) is 3.88. The van der Waals surface area contributed by atoms with Crippen molar-refractivity contribution < 1.29 is 19.1 Å². The first-order valence-electron chi connectivity index (χ1n) is 8.07. The van der Waals surface area contributed by atoms with Gasteiger partial charge in [-0.05, 0) is 25.0 Å². The maximum atomic E-state index is 12.3.